The lowest BCUT2D eigenvalue weighted by Gasteiger charge is -2.34. The van der Waals surface area contributed by atoms with Gasteiger partial charge < -0.3 is 5.32 Å². The van der Waals surface area contributed by atoms with E-state index < -0.39 is 0 Å². The van der Waals surface area contributed by atoms with Crippen LogP contribution in [0.25, 0.3) is 0 Å². The first-order valence-electron chi connectivity index (χ1n) is 5.24. The summed E-state index contributed by atoms with van der Waals surface area (Å²) in [6.45, 7) is 2.89. The van der Waals surface area contributed by atoms with Gasteiger partial charge in [-0.05, 0) is 24.8 Å². The summed E-state index contributed by atoms with van der Waals surface area (Å²) in [4.78, 5) is 0. The summed E-state index contributed by atoms with van der Waals surface area (Å²) in [6, 6.07) is 7.55. The van der Waals surface area contributed by atoms with Gasteiger partial charge >= 0.3 is 0 Å². The summed E-state index contributed by atoms with van der Waals surface area (Å²) in [5.74, 6) is 0.647. The molecule has 2 atom stereocenters. The molecule has 14 heavy (non-hydrogen) atoms. The normalized spacial score (nSPS) is 25.9. The minimum Gasteiger partial charge on any atom is -0.310 e. The lowest BCUT2D eigenvalue weighted by atomic mass is 9.81. The van der Waals surface area contributed by atoms with Gasteiger partial charge in [-0.3, -0.25) is 0 Å². The molecule has 1 fully saturated rings. The van der Waals surface area contributed by atoms with Crippen molar-refractivity contribution in [2.45, 2.75) is 32.4 Å². The van der Waals surface area contributed by atoms with Crippen molar-refractivity contribution in [2.24, 2.45) is 5.92 Å². The Balaban J connectivity index is 1.88. The maximum absolute atomic E-state index is 13.2. The molecule has 0 amide bonds. The van der Waals surface area contributed by atoms with Gasteiger partial charge in [0.1, 0.15) is 5.82 Å². The van der Waals surface area contributed by atoms with E-state index in [4.69, 9.17) is 0 Å². The Morgan fingerprint density at radius 1 is 1.36 bits per heavy atom. The average molecular weight is 193 g/mol. The van der Waals surface area contributed by atoms with Crippen molar-refractivity contribution in [3.63, 3.8) is 0 Å². The molecule has 2 heteroatoms. The maximum Gasteiger partial charge on any atom is 0.127 e. The van der Waals surface area contributed by atoms with Crippen molar-refractivity contribution in [2.75, 3.05) is 0 Å². The highest BCUT2D eigenvalue weighted by Gasteiger charge is 2.25. The molecular formula is C12H16FN. The predicted octanol–water partition coefficient (Wildman–Crippen LogP) is 2.71. The Morgan fingerprint density at radius 2 is 2.14 bits per heavy atom. The van der Waals surface area contributed by atoms with Gasteiger partial charge in [-0.15, -0.1) is 0 Å². The van der Waals surface area contributed by atoms with Crippen molar-refractivity contribution in [1.82, 2.24) is 5.32 Å². The van der Waals surface area contributed by atoms with E-state index in [-0.39, 0.29) is 5.82 Å². The summed E-state index contributed by atoms with van der Waals surface area (Å²) in [5, 5.41) is 3.39. The molecule has 0 aromatic heterocycles. The molecule has 1 aromatic carbocycles. The Hall–Kier alpha value is -0.890. The number of nitrogens with one attached hydrogen (secondary N) is 1. The fraction of sp³-hybridized carbons (Fsp3) is 0.500. The summed E-state index contributed by atoms with van der Waals surface area (Å²) < 4.78 is 13.2. The topological polar surface area (TPSA) is 12.0 Å². The largest absolute Gasteiger partial charge is 0.310 e. The van der Waals surface area contributed by atoms with Crippen LogP contribution in [0.2, 0.25) is 0 Å². The zero-order chi connectivity index (χ0) is 9.97. The van der Waals surface area contributed by atoms with E-state index in [2.05, 4.69) is 12.2 Å². The van der Waals surface area contributed by atoms with Crippen LogP contribution < -0.4 is 5.32 Å². The van der Waals surface area contributed by atoms with E-state index in [9.17, 15) is 4.39 Å². The Kier molecular flexibility index (Phi) is 2.82. The van der Waals surface area contributed by atoms with Crippen molar-refractivity contribution >= 4 is 0 Å². The second-order valence-corrected chi connectivity index (χ2v) is 4.13. The maximum atomic E-state index is 13.2. The van der Waals surface area contributed by atoms with Crippen LogP contribution in [-0.2, 0) is 6.54 Å². The van der Waals surface area contributed by atoms with E-state index in [1.165, 1.54) is 18.9 Å². The molecule has 0 radical (unpaired) electrons. The molecule has 0 spiro atoms. The zero-order valence-corrected chi connectivity index (χ0v) is 8.46. The second-order valence-electron chi connectivity index (χ2n) is 4.13. The molecule has 2 unspecified atom stereocenters. The monoisotopic (exact) mass is 193 g/mol. The smallest absolute Gasteiger partial charge is 0.127 e. The van der Waals surface area contributed by atoms with Crippen LogP contribution >= 0.6 is 0 Å². The Morgan fingerprint density at radius 3 is 2.71 bits per heavy atom. The molecule has 0 aliphatic heterocycles. The zero-order valence-electron chi connectivity index (χ0n) is 8.46. The molecule has 0 saturated heterocycles. The van der Waals surface area contributed by atoms with E-state index in [1.54, 1.807) is 6.07 Å². The van der Waals surface area contributed by atoms with Crippen LogP contribution in [0.5, 0.6) is 0 Å². The summed E-state index contributed by atoms with van der Waals surface area (Å²) in [7, 11) is 0. The molecule has 1 aliphatic carbocycles. The molecular weight excluding hydrogens is 177 g/mol. The van der Waals surface area contributed by atoms with Crippen molar-refractivity contribution in [1.29, 1.82) is 0 Å². The number of rotatable bonds is 3. The van der Waals surface area contributed by atoms with E-state index >= 15 is 0 Å². The summed E-state index contributed by atoms with van der Waals surface area (Å²) in [5.41, 5.74) is 0.770. The molecule has 1 aromatic rings. The molecule has 76 valence electrons. The van der Waals surface area contributed by atoms with Gasteiger partial charge in [0.25, 0.3) is 0 Å². The number of benzene rings is 1. The highest BCUT2D eigenvalue weighted by molar-refractivity contribution is 5.17. The lowest BCUT2D eigenvalue weighted by Crippen LogP contribution is -2.42. The summed E-state index contributed by atoms with van der Waals surface area (Å²) in [6.07, 6.45) is 2.53. The van der Waals surface area contributed by atoms with Gasteiger partial charge in [-0.25, -0.2) is 4.39 Å². The highest BCUT2D eigenvalue weighted by Crippen LogP contribution is 2.26. The van der Waals surface area contributed by atoms with Crippen molar-refractivity contribution in [3.05, 3.63) is 35.6 Å². The third kappa shape index (κ3) is 1.95. The average Bonchev–Trinajstić information content (AvgIpc) is 2.19. The first-order valence-corrected chi connectivity index (χ1v) is 5.24. The van der Waals surface area contributed by atoms with E-state index in [0.29, 0.717) is 12.6 Å². The van der Waals surface area contributed by atoms with Crippen LogP contribution in [-0.4, -0.2) is 6.04 Å². The molecule has 1 aliphatic rings. The Bertz CT molecular complexity index is 311. The van der Waals surface area contributed by atoms with Crippen LogP contribution in [0.15, 0.2) is 24.3 Å². The SMILES string of the molecule is CC1CCC1NCc1ccccc1F. The quantitative estimate of drug-likeness (QED) is 0.778. The van der Waals surface area contributed by atoms with Crippen LogP contribution in [0.4, 0.5) is 4.39 Å². The Labute approximate surface area is 84.3 Å². The third-order valence-electron chi connectivity index (χ3n) is 3.13. The van der Waals surface area contributed by atoms with E-state index in [1.807, 2.05) is 12.1 Å². The predicted molar refractivity (Wildman–Crippen MR) is 55.4 cm³/mol. The van der Waals surface area contributed by atoms with Gasteiger partial charge in [-0.1, -0.05) is 25.1 Å². The van der Waals surface area contributed by atoms with Crippen LogP contribution in [0.3, 0.4) is 0 Å². The molecule has 0 heterocycles. The number of hydrogen-bond acceptors (Lipinski definition) is 1. The minimum absolute atomic E-state index is 0.105. The number of halogens is 1. The fourth-order valence-electron chi connectivity index (χ4n) is 1.85. The molecule has 0 bridgehead atoms. The van der Waals surface area contributed by atoms with Gasteiger partial charge in [0, 0.05) is 18.2 Å². The van der Waals surface area contributed by atoms with Crippen molar-refractivity contribution in [3.8, 4) is 0 Å². The van der Waals surface area contributed by atoms with Gasteiger partial charge in [0.2, 0.25) is 0 Å². The lowest BCUT2D eigenvalue weighted by molar-refractivity contribution is 0.227. The van der Waals surface area contributed by atoms with E-state index in [0.717, 1.165) is 11.5 Å². The minimum atomic E-state index is -0.105. The van der Waals surface area contributed by atoms with Crippen molar-refractivity contribution < 1.29 is 4.39 Å². The third-order valence-corrected chi connectivity index (χ3v) is 3.13. The second kappa shape index (κ2) is 4.09. The first kappa shape index (κ1) is 9.66. The summed E-state index contributed by atoms with van der Waals surface area (Å²) >= 11 is 0. The molecule has 1 saturated carbocycles. The van der Waals surface area contributed by atoms with Gasteiger partial charge in [0.05, 0.1) is 0 Å². The molecule has 1 nitrogen and oxygen atoms in total. The van der Waals surface area contributed by atoms with Crippen LogP contribution in [0.1, 0.15) is 25.3 Å². The van der Waals surface area contributed by atoms with Gasteiger partial charge in [0.15, 0.2) is 0 Å². The molecule has 1 N–H and O–H groups in total. The number of hydrogen-bond donors (Lipinski definition) is 1. The standard InChI is InChI=1S/C12H16FN/c1-9-6-7-12(9)14-8-10-4-2-3-5-11(10)13/h2-5,9,12,14H,6-8H2,1H3. The van der Waals surface area contributed by atoms with Gasteiger partial charge in [-0.2, -0.15) is 0 Å². The highest BCUT2D eigenvalue weighted by atomic mass is 19.1. The fourth-order valence-corrected chi connectivity index (χ4v) is 1.85. The molecule has 2 rings (SSSR count). The first-order chi connectivity index (χ1) is 6.77. The van der Waals surface area contributed by atoms with Crippen LogP contribution in [0, 0.1) is 11.7 Å².